The van der Waals surface area contributed by atoms with Gasteiger partial charge in [-0.2, -0.15) is 5.26 Å². The first-order chi connectivity index (χ1) is 11.6. The first kappa shape index (κ1) is 15.7. The maximum Gasteiger partial charge on any atom is 0.253 e. The fraction of sp³-hybridized carbons (Fsp3) is 0.222. The Hall–Kier alpha value is -3.20. The second-order valence-corrected chi connectivity index (χ2v) is 5.58. The Kier molecular flexibility index (Phi) is 4.25. The quantitative estimate of drug-likeness (QED) is 0.741. The molecular weight excluding hydrogens is 302 g/mol. The van der Waals surface area contributed by atoms with Gasteiger partial charge in [-0.1, -0.05) is 17.3 Å². The summed E-state index contributed by atoms with van der Waals surface area (Å²) >= 11 is 0. The SMILES string of the molecule is CCn1nnc2cc(C(=O)N(C)Cc3ccc(C#N)cc3)ccc21. The molecule has 1 heterocycles. The van der Waals surface area contributed by atoms with Crippen LogP contribution in [0.1, 0.15) is 28.4 Å². The molecule has 1 amide bonds. The highest BCUT2D eigenvalue weighted by atomic mass is 16.2. The molecule has 0 spiro atoms. The van der Waals surface area contributed by atoms with E-state index in [-0.39, 0.29) is 5.91 Å². The van der Waals surface area contributed by atoms with Crippen molar-refractivity contribution < 1.29 is 4.79 Å². The third-order valence-corrected chi connectivity index (χ3v) is 3.91. The van der Waals surface area contributed by atoms with Gasteiger partial charge in [0.2, 0.25) is 0 Å². The van der Waals surface area contributed by atoms with Crippen LogP contribution >= 0.6 is 0 Å². The minimum atomic E-state index is -0.0766. The number of nitrogens with zero attached hydrogens (tertiary/aromatic N) is 5. The Morgan fingerprint density at radius 3 is 2.67 bits per heavy atom. The van der Waals surface area contributed by atoms with Gasteiger partial charge < -0.3 is 4.90 Å². The lowest BCUT2D eigenvalue weighted by Gasteiger charge is -2.17. The van der Waals surface area contributed by atoms with Gasteiger partial charge in [0, 0.05) is 25.7 Å². The van der Waals surface area contributed by atoms with Gasteiger partial charge in [0.05, 0.1) is 17.1 Å². The Bertz CT molecular complexity index is 921. The molecule has 1 aromatic heterocycles. The van der Waals surface area contributed by atoms with Crippen LogP contribution in [0.5, 0.6) is 0 Å². The van der Waals surface area contributed by atoms with Crippen LogP contribution in [0.3, 0.4) is 0 Å². The summed E-state index contributed by atoms with van der Waals surface area (Å²) in [5.74, 6) is -0.0766. The van der Waals surface area contributed by atoms with Crippen molar-refractivity contribution in [2.24, 2.45) is 0 Å². The molecule has 0 atom stereocenters. The van der Waals surface area contributed by atoms with E-state index in [0.717, 1.165) is 23.1 Å². The molecule has 2 aromatic carbocycles. The third kappa shape index (κ3) is 2.97. The van der Waals surface area contributed by atoms with Crippen LogP contribution in [0.15, 0.2) is 42.5 Å². The van der Waals surface area contributed by atoms with Crippen molar-refractivity contribution in [2.45, 2.75) is 20.0 Å². The standard InChI is InChI=1S/C18H17N5O/c1-3-23-17-9-8-15(10-16(17)20-21-23)18(24)22(2)12-14-6-4-13(11-19)5-7-14/h4-10H,3,12H2,1-2H3. The highest BCUT2D eigenvalue weighted by Crippen LogP contribution is 2.16. The average Bonchev–Trinajstić information content (AvgIpc) is 3.03. The van der Waals surface area contributed by atoms with E-state index in [2.05, 4.69) is 16.4 Å². The van der Waals surface area contributed by atoms with Gasteiger partial charge in [0.25, 0.3) is 5.91 Å². The van der Waals surface area contributed by atoms with E-state index in [1.807, 2.05) is 25.1 Å². The van der Waals surface area contributed by atoms with Crippen molar-refractivity contribution >= 4 is 16.9 Å². The number of hydrogen-bond acceptors (Lipinski definition) is 4. The number of aromatic nitrogens is 3. The first-order valence-corrected chi connectivity index (χ1v) is 7.70. The van der Waals surface area contributed by atoms with Gasteiger partial charge in [0.1, 0.15) is 5.52 Å². The van der Waals surface area contributed by atoms with E-state index in [9.17, 15) is 4.79 Å². The summed E-state index contributed by atoms with van der Waals surface area (Å²) in [4.78, 5) is 14.3. The van der Waals surface area contributed by atoms with Crippen molar-refractivity contribution in [2.75, 3.05) is 7.05 Å². The van der Waals surface area contributed by atoms with Crippen LogP contribution < -0.4 is 0 Å². The lowest BCUT2D eigenvalue weighted by Crippen LogP contribution is -2.26. The molecule has 0 fully saturated rings. The highest BCUT2D eigenvalue weighted by Gasteiger charge is 2.14. The van der Waals surface area contributed by atoms with Crippen LogP contribution in [-0.2, 0) is 13.1 Å². The summed E-state index contributed by atoms with van der Waals surface area (Å²) in [5.41, 5.74) is 3.81. The predicted octanol–water partition coefficient (Wildman–Crippen LogP) is 2.60. The van der Waals surface area contributed by atoms with E-state index in [4.69, 9.17) is 5.26 Å². The number of nitriles is 1. The largest absolute Gasteiger partial charge is 0.337 e. The van der Waals surface area contributed by atoms with Crippen molar-refractivity contribution in [1.29, 1.82) is 5.26 Å². The maximum atomic E-state index is 12.6. The lowest BCUT2D eigenvalue weighted by molar-refractivity contribution is 0.0785. The summed E-state index contributed by atoms with van der Waals surface area (Å²) in [6.07, 6.45) is 0. The Morgan fingerprint density at radius 1 is 1.25 bits per heavy atom. The van der Waals surface area contributed by atoms with Gasteiger partial charge in [-0.3, -0.25) is 4.79 Å². The number of benzene rings is 2. The molecule has 3 aromatic rings. The van der Waals surface area contributed by atoms with Crippen LogP contribution in [0.4, 0.5) is 0 Å². The molecule has 0 aliphatic heterocycles. The molecule has 120 valence electrons. The zero-order valence-electron chi connectivity index (χ0n) is 13.6. The summed E-state index contributed by atoms with van der Waals surface area (Å²) in [5, 5.41) is 17.0. The molecule has 24 heavy (non-hydrogen) atoms. The summed E-state index contributed by atoms with van der Waals surface area (Å²) < 4.78 is 1.80. The van der Waals surface area contributed by atoms with Crippen LogP contribution in [0, 0.1) is 11.3 Å². The average molecular weight is 319 g/mol. The van der Waals surface area contributed by atoms with Gasteiger partial charge in [-0.25, -0.2) is 4.68 Å². The molecule has 0 unspecified atom stereocenters. The molecule has 3 rings (SSSR count). The number of rotatable bonds is 4. The summed E-state index contributed by atoms with van der Waals surface area (Å²) in [7, 11) is 1.76. The topological polar surface area (TPSA) is 74.8 Å². The van der Waals surface area contributed by atoms with Crippen LogP contribution in [0.2, 0.25) is 0 Å². The molecule has 6 heteroatoms. The van der Waals surface area contributed by atoms with Gasteiger partial charge in [0.15, 0.2) is 0 Å². The van der Waals surface area contributed by atoms with Crippen molar-refractivity contribution in [1.82, 2.24) is 19.9 Å². The number of fused-ring (bicyclic) bond motifs is 1. The number of aryl methyl sites for hydroxylation is 1. The minimum Gasteiger partial charge on any atom is -0.337 e. The molecule has 0 radical (unpaired) electrons. The van der Waals surface area contributed by atoms with Gasteiger partial charge in [-0.15, -0.1) is 5.10 Å². The fourth-order valence-corrected chi connectivity index (χ4v) is 2.59. The van der Waals surface area contributed by atoms with Crippen molar-refractivity contribution in [3.8, 4) is 6.07 Å². The van der Waals surface area contributed by atoms with E-state index >= 15 is 0 Å². The number of amides is 1. The van der Waals surface area contributed by atoms with E-state index < -0.39 is 0 Å². The van der Waals surface area contributed by atoms with Gasteiger partial charge in [-0.05, 0) is 42.8 Å². The van der Waals surface area contributed by atoms with Crippen molar-refractivity contribution in [3.63, 3.8) is 0 Å². The summed E-state index contributed by atoms with van der Waals surface area (Å²) in [6.45, 7) is 3.21. The van der Waals surface area contributed by atoms with Gasteiger partial charge >= 0.3 is 0 Å². The van der Waals surface area contributed by atoms with Crippen molar-refractivity contribution in [3.05, 3.63) is 59.2 Å². The maximum absolute atomic E-state index is 12.6. The molecule has 0 bridgehead atoms. The molecule has 0 N–H and O–H groups in total. The van der Waals surface area contributed by atoms with Crippen LogP contribution in [-0.4, -0.2) is 32.8 Å². The molecule has 0 aliphatic carbocycles. The van der Waals surface area contributed by atoms with E-state index in [1.165, 1.54) is 0 Å². The normalized spacial score (nSPS) is 10.5. The van der Waals surface area contributed by atoms with Crippen LogP contribution in [0.25, 0.3) is 11.0 Å². The smallest absolute Gasteiger partial charge is 0.253 e. The molecular formula is C18H17N5O. The lowest BCUT2D eigenvalue weighted by atomic mass is 10.1. The first-order valence-electron chi connectivity index (χ1n) is 7.70. The number of hydrogen-bond donors (Lipinski definition) is 0. The third-order valence-electron chi connectivity index (χ3n) is 3.91. The minimum absolute atomic E-state index is 0.0766. The predicted molar refractivity (Wildman–Crippen MR) is 90.2 cm³/mol. The number of carbonyl (C=O) groups is 1. The Labute approximate surface area is 139 Å². The molecule has 0 saturated heterocycles. The Balaban J connectivity index is 1.78. The second kappa shape index (κ2) is 6.50. The molecule has 0 aliphatic rings. The molecule has 6 nitrogen and oxygen atoms in total. The summed E-state index contributed by atoms with van der Waals surface area (Å²) in [6, 6.07) is 14.8. The monoisotopic (exact) mass is 319 g/mol. The second-order valence-electron chi connectivity index (χ2n) is 5.58. The molecule has 0 saturated carbocycles. The fourth-order valence-electron chi connectivity index (χ4n) is 2.59. The zero-order valence-corrected chi connectivity index (χ0v) is 13.6. The zero-order chi connectivity index (χ0) is 17.1. The van der Waals surface area contributed by atoms with E-state index in [1.54, 1.807) is 40.9 Å². The van der Waals surface area contributed by atoms with E-state index in [0.29, 0.717) is 17.7 Å². The number of carbonyl (C=O) groups excluding carboxylic acids is 1. The Morgan fingerprint density at radius 2 is 2.00 bits per heavy atom. The highest BCUT2D eigenvalue weighted by molar-refractivity contribution is 5.97.